The van der Waals surface area contributed by atoms with Crippen LogP contribution in [-0.4, -0.2) is 81.8 Å². The van der Waals surface area contributed by atoms with Crippen LogP contribution in [0.5, 0.6) is 0 Å². The summed E-state index contributed by atoms with van der Waals surface area (Å²) in [7, 11) is 0. The van der Waals surface area contributed by atoms with Crippen LogP contribution in [0.3, 0.4) is 0 Å². The van der Waals surface area contributed by atoms with Crippen LogP contribution in [0.4, 0.5) is 79.0 Å². The number of rotatable bonds is 2. The summed E-state index contributed by atoms with van der Waals surface area (Å²) in [5.74, 6) is -50.8. The number of allylic oxidation sites excluding steroid dienone is 14. The molecule has 24 heteroatoms. The maximum absolute atomic E-state index is 16.5. The second-order valence-electron chi connectivity index (χ2n) is 20.3. The van der Waals surface area contributed by atoms with Gasteiger partial charge in [0.2, 0.25) is 0 Å². The highest BCUT2D eigenvalue weighted by Gasteiger charge is 2.87. The average molecular weight is 1130 g/mol. The van der Waals surface area contributed by atoms with Crippen molar-refractivity contribution in [2.45, 2.75) is 137 Å². The lowest BCUT2D eigenvalue weighted by molar-refractivity contribution is -0.258. The summed E-state index contributed by atoms with van der Waals surface area (Å²) in [6, 6.07) is 0. The third-order valence-corrected chi connectivity index (χ3v) is 26.7. The Bertz CT molecular complexity index is 3000. The second kappa shape index (κ2) is 12.8. The standard InChI is InChI=1S/C47H30F18S6/c1-15-9-17-27-29(41(52,53)45(60,61)39(27,48)49)19-11-23(68-35(19,5)33(17,3)66-15)25-13-21-31-32(44(58,59)47(64,65)43(31,56)57)22-14-26(71-38(22,8)37(21,7)70-25)24-12-20-30-28(40(50,51)46(62,63)42(30,54)55)18-10-16(2)67-34(18,4)36(20,6)69-24/h9-14H,1-8H3. The van der Waals surface area contributed by atoms with Crippen molar-refractivity contribution in [3.05, 3.63) is 133 Å². The Labute approximate surface area is 417 Å². The van der Waals surface area contributed by atoms with Gasteiger partial charge >= 0.3 is 53.3 Å². The van der Waals surface area contributed by atoms with E-state index in [-0.39, 0.29) is 19.6 Å². The fourth-order valence-electron chi connectivity index (χ4n) is 12.6. The maximum atomic E-state index is 16.5. The summed E-state index contributed by atoms with van der Waals surface area (Å²) < 4.78 is 275. The minimum Gasteiger partial charge on any atom is -0.194 e. The zero-order valence-corrected chi connectivity index (χ0v) is 42.1. The monoisotopic (exact) mass is 1130 g/mol. The smallest absolute Gasteiger partial charge is 0.194 e. The molecular formula is C47H30F18S6. The van der Waals surface area contributed by atoms with Gasteiger partial charge in [-0.25, -0.2) is 0 Å². The molecule has 0 saturated heterocycles. The lowest BCUT2D eigenvalue weighted by Crippen LogP contribution is -2.49. The fraction of sp³-hybridized carbons (Fsp3) is 0.489. The van der Waals surface area contributed by atoms with E-state index in [0.29, 0.717) is 33.3 Å². The summed E-state index contributed by atoms with van der Waals surface area (Å²) in [6.07, 6.45) is 5.89. The van der Waals surface area contributed by atoms with E-state index in [1.54, 1.807) is 0 Å². The molecule has 0 bridgehead atoms. The van der Waals surface area contributed by atoms with Gasteiger partial charge < -0.3 is 0 Å². The van der Waals surface area contributed by atoms with Gasteiger partial charge in [-0.05, 0) is 135 Å². The van der Waals surface area contributed by atoms with Crippen molar-refractivity contribution in [3.63, 3.8) is 0 Å². The van der Waals surface area contributed by atoms with Crippen LogP contribution in [0.15, 0.2) is 133 Å². The molecule has 12 aliphatic rings. The zero-order valence-electron chi connectivity index (χ0n) is 37.2. The molecule has 3 saturated carbocycles. The molecule has 0 aromatic rings. The summed E-state index contributed by atoms with van der Waals surface area (Å²) in [5.41, 5.74) is -13.9. The number of halogens is 18. The molecule has 0 amide bonds. The van der Waals surface area contributed by atoms with Crippen molar-refractivity contribution in [2.24, 2.45) is 0 Å². The Morgan fingerprint density at radius 3 is 0.592 bits per heavy atom. The Morgan fingerprint density at radius 2 is 0.408 bits per heavy atom. The highest BCUT2D eigenvalue weighted by atomic mass is 32.2. The van der Waals surface area contributed by atoms with Crippen molar-refractivity contribution in [3.8, 4) is 0 Å². The Balaban J connectivity index is 1.03. The first-order valence-corrected chi connectivity index (χ1v) is 26.2. The molecule has 3 fully saturated rings. The summed E-state index contributed by atoms with van der Waals surface area (Å²) >= 11 is 4.61. The number of alkyl halides is 18. The molecule has 6 heterocycles. The van der Waals surface area contributed by atoms with Crippen LogP contribution in [0.25, 0.3) is 0 Å². The van der Waals surface area contributed by atoms with Crippen LogP contribution in [0.2, 0.25) is 0 Å². The quantitative estimate of drug-likeness (QED) is 0.251. The van der Waals surface area contributed by atoms with Crippen LogP contribution in [0.1, 0.15) is 55.4 Å². The number of hydrogen-bond acceptors (Lipinski definition) is 6. The first-order chi connectivity index (χ1) is 32.0. The van der Waals surface area contributed by atoms with Crippen LogP contribution in [0, 0.1) is 0 Å². The van der Waals surface area contributed by atoms with Gasteiger partial charge in [0.25, 0.3) is 0 Å². The van der Waals surface area contributed by atoms with Crippen LogP contribution >= 0.6 is 70.6 Å². The lowest BCUT2D eigenvalue weighted by atomic mass is 9.71. The van der Waals surface area contributed by atoms with Crippen LogP contribution < -0.4 is 0 Å². The number of thioether (sulfide) groups is 6. The predicted molar refractivity (Wildman–Crippen MR) is 243 cm³/mol. The van der Waals surface area contributed by atoms with E-state index in [1.165, 1.54) is 55.4 Å². The highest BCUT2D eigenvalue weighted by molar-refractivity contribution is 8.14. The maximum Gasteiger partial charge on any atom is 0.380 e. The minimum atomic E-state index is -6.09. The fourth-order valence-corrected chi connectivity index (χ4v) is 22.0. The van der Waals surface area contributed by atoms with E-state index >= 15 is 79.0 Å². The molecule has 0 nitrogen and oxygen atoms in total. The highest BCUT2D eigenvalue weighted by Crippen LogP contribution is 2.81. The van der Waals surface area contributed by atoms with Gasteiger partial charge in [-0.3, -0.25) is 0 Å². The topological polar surface area (TPSA) is 0 Å². The molecule has 6 atom stereocenters. The summed E-state index contributed by atoms with van der Waals surface area (Å²) in [4.78, 5) is -0.0519. The summed E-state index contributed by atoms with van der Waals surface area (Å²) in [6.45, 7) is 10.9. The zero-order chi connectivity index (χ0) is 52.4. The molecule has 12 rings (SSSR count). The van der Waals surface area contributed by atoms with E-state index in [9.17, 15) is 0 Å². The van der Waals surface area contributed by atoms with Crippen molar-refractivity contribution in [2.75, 3.05) is 0 Å². The molecule has 0 radical (unpaired) electrons. The third-order valence-electron chi connectivity index (χ3n) is 16.7. The van der Waals surface area contributed by atoms with E-state index in [0.717, 1.165) is 83.5 Å². The molecular weight excluding hydrogens is 1100 g/mol. The largest absolute Gasteiger partial charge is 0.380 e. The molecule has 0 aromatic heterocycles. The van der Waals surface area contributed by atoms with Crippen molar-refractivity contribution >= 4 is 70.6 Å². The Morgan fingerprint density at radius 1 is 0.254 bits per heavy atom. The van der Waals surface area contributed by atoms with Crippen molar-refractivity contribution in [1.29, 1.82) is 0 Å². The minimum absolute atomic E-state index is 0.149. The molecule has 0 N–H and O–H groups in total. The first kappa shape index (κ1) is 49.6. The van der Waals surface area contributed by atoms with Gasteiger partial charge in [-0.2, -0.15) is 79.0 Å². The van der Waals surface area contributed by atoms with Crippen molar-refractivity contribution < 1.29 is 79.0 Å². The van der Waals surface area contributed by atoms with E-state index < -0.39 is 149 Å². The van der Waals surface area contributed by atoms with Gasteiger partial charge in [0, 0.05) is 53.1 Å². The van der Waals surface area contributed by atoms with Gasteiger partial charge in [-0.1, -0.05) is 0 Å². The Hall–Kier alpha value is -2.28. The van der Waals surface area contributed by atoms with Gasteiger partial charge in [0.1, 0.15) is 0 Å². The molecule has 6 unspecified atom stereocenters. The normalized spacial score (nSPS) is 42.0. The third kappa shape index (κ3) is 4.73. The lowest BCUT2D eigenvalue weighted by Gasteiger charge is -2.48. The number of fused-ring (bicyclic) bond motifs is 12. The van der Waals surface area contributed by atoms with Gasteiger partial charge in [-0.15, -0.1) is 70.6 Å². The molecule has 0 aromatic carbocycles. The van der Waals surface area contributed by atoms with E-state index in [2.05, 4.69) is 0 Å². The van der Waals surface area contributed by atoms with Crippen molar-refractivity contribution in [1.82, 2.24) is 0 Å². The first-order valence-electron chi connectivity index (χ1n) is 21.3. The molecule has 0 spiro atoms. The van der Waals surface area contributed by atoms with Crippen LogP contribution in [-0.2, 0) is 0 Å². The Kier molecular flexibility index (Phi) is 8.91. The molecule has 71 heavy (non-hydrogen) atoms. The molecule has 6 aliphatic heterocycles. The molecule has 380 valence electrons. The van der Waals surface area contributed by atoms with Gasteiger partial charge in [0.15, 0.2) is 0 Å². The number of hydrogen-bond donors (Lipinski definition) is 0. The predicted octanol–water partition coefficient (Wildman–Crippen LogP) is 16.9. The second-order valence-corrected chi connectivity index (χ2v) is 29.4. The summed E-state index contributed by atoms with van der Waals surface area (Å²) in [5, 5.41) is 0. The average Bonchev–Trinajstić information content (AvgIpc) is 4.09. The molecule has 6 aliphatic carbocycles. The van der Waals surface area contributed by atoms with E-state index in [4.69, 9.17) is 0 Å². The van der Waals surface area contributed by atoms with Gasteiger partial charge in [0.05, 0.1) is 28.5 Å². The van der Waals surface area contributed by atoms with E-state index in [1.807, 2.05) is 0 Å². The SMILES string of the molecule is CC1=CC2=C3C(=C4C=C(C5=CC6=C7C(=C8C=C(C9=CC%10=C%11C(=C%12C=C(C)SC%12(C)C%10(C)S9)C(F)(F)C(F)(F)C%11(F)F)SC8(C)C6(C)S5)C(F)(F)C(F)(F)C7(F)F)SC4(C)C2(C)S1)C(F)(F)C(F)(F)C3(F)F.